The monoisotopic (exact) mass is 487 g/mol. The van der Waals surface area contributed by atoms with E-state index < -0.39 is 0 Å². The lowest BCUT2D eigenvalue weighted by Crippen LogP contribution is -2.49. The Morgan fingerprint density at radius 1 is 0.943 bits per heavy atom. The molecule has 0 saturated carbocycles. The zero-order valence-electron chi connectivity index (χ0n) is 20.4. The summed E-state index contributed by atoms with van der Waals surface area (Å²) in [5.74, 6) is 0.917. The molecule has 180 valence electrons. The predicted molar refractivity (Wildman–Crippen MR) is 144 cm³/mol. The molecule has 1 amide bonds. The lowest BCUT2D eigenvalue weighted by molar-refractivity contribution is 0.0738. The van der Waals surface area contributed by atoms with Gasteiger partial charge in [0.1, 0.15) is 11.4 Å². The molecule has 5 nitrogen and oxygen atoms in total. The first-order chi connectivity index (χ1) is 17.0. The molecule has 35 heavy (non-hydrogen) atoms. The molecule has 1 saturated heterocycles. The average Bonchev–Trinajstić information content (AvgIpc) is 3.20. The molecule has 4 aromatic rings. The highest BCUT2D eigenvalue weighted by Gasteiger charge is 2.29. The van der Waals surface area contributed by atoms with E-state index in [2.05, 4.69) is 46.7 Å². The van der Waals surface area contributed by atoms with Crippen LogP contribution in [0.1, 0.15) is 23.0 Å². The molecule has 1 aliphatic rings. The van der Waals surface area contributed by atoms with Crippen LogP contribution in [0.25, 0.3) is 22.0 Å². The fourth-order valence-electron chi connectivity index (χ4n) is 4.98. The van der Waals surface area contributed by atoms with E-state index >= 15 is 0 Å². The van der Waals surface area contributed by atoms with Gasteiger partial charge in [-0.3, -0.25) is 4.79 Å². The number of halogens is 1. The van der Waals surface area contributed by atoms with Gasteiger partial charge in [0.25, 0.3) is 5.91 Å². The number of rotatable bonds is 5. The molecular weight excluding hydrogens is 458 g/mol. The first-order valence-electron chi connectivity index (χ1n) is 12.1. The summed E-state index contributed by atoms with van der Waals surface area (Å²) < 4.78 is 7.33. The number of anilines is 1. The van der Waals surface area contributed by atoms with E-state index in [1.54, 1.807) is 7.11 Å². The topological polar surface area (TPSA) is 37.7 Å². The van der Waals surface area contributed by atoms with Crippen molar-refractivity contribution < 1.29 is 9.53 Å². The number of hydrogen-bond donors (Lipinski definition) is 0. The van der Waals surface area contributed by atoms with Crippen molar-refractivity contribution in [3.63, 3.8) is 0 Å². The molecule has 0 unspecified atom stereocenters. The van der Waals surface area contributed by atoms with E-state index in [-0.39, 0.29) is 5.91 Å². The lowest BCUT2D eigenvalue weighted by Gasteiger charge is -2.36. The van der Waals surface area contributed by atoms with Crippen molar-refractivity contribution in [1.29, 1.82) is 0 Å². The Morgan fingerprint density at radius 2 is 1.63 bits per heavy atom. The molecule has 2 heterocycles. The summed E-state index contributed by atoms with van der Waals surface area (Å²) in [4.78, 5) is 18.3. The summed E-state index contributed by atoms with van der Waals surface area (Å²) in [7, 11) is 3.67. The molecule has 5 rings (SSSR count). The van der Waals surface area contributed by atoms with Gasteiger partial charge >= 0.3 is 0 Å². The van der Waals surface area contributed by atoms with Crippen LogP contribution >= 0.6 is 11.6 Å². The van der Waals surface area contributed by atoms with Crippen LogP contribution in [0, 0.1) is 0 Å². The largest absolute Gasteiger partial charge is 0.497 e. The lowest BCUT2D eigenvalue weighted by atomic mass is 9.99. The number of fused-ring (bicyclic) bond motifs is 1. The highest BCUT2D eigenvalue weighted by atomic mass is 35.5. The highest BCUT2D eigenvalue weighted by molar-refractivity contribution is 6.30. The first-order valence-corrected chi connectivity index (χ1v) is 12.4. The smallest absolute Gasteiger partial charge is 0.271 e. The van der Waals surface area contributed by atoms with Gasteiger partial charge in [-0.15, -0.1) is 0 Å². The number of piperazine rings is 1. The van der Waals surface area contributed by atoms with Gasteiger partial charge in [0.15, 0.2) is 0 Å². The van der Waals surface area contributed by atoms with Crippen molar-refractivity contribution in [2.75, 3.05) is 38.2 Å². The second kappa shape index (κ2) is 9.67. The number of carbonyl (C=O) groups excluding carboxylic acids is 1. The van der Waals surface area contributed by atoms with Crippen LogP contribution in [0.2, 0.25) is 5.02 Å². The number of carbonyl (C=O) groups is 1. The summed E-state index contributed by atoms with van der Waals surface area (Å²) in [6, 6.07) is 22.4. The number of hydrogen-bond acceptors (Lipinski definition) is 3. The summed E-state index contributed by atoms with van der Waals surface area (Å²) in [5.41, 5.74) is 6.19. The van der Waals surface area contributed by atoms with Crippen LogP contribution < -0.4 is 9.64 Å². The van der Waals surface area contributed by atoms with Crippen LogP contribution in [0.3, 0.4) is 0 Å². The maximum Gasteiger partial charge on any atom is 0.271 e. The third kappa shape index (κ3) is 4.37. The Hall–Kier alpha value is -3.44. The SMILES string of the molecule is CCc1ccc2c(c1)c(-c1ccc(Cl)cc1)c(C(=O)N1CCN(c3ccc(OC)cc3)CC1)n2C. The van der Waals surface area contributed by atoms with Gasteiger partial charge in [0, 0.05) is 60.4 Å². The van der Waals surface area contributed by atoms with Gasteiger partial charge in [-0.25, -0.2) is 0 Å². The van der Waals surface area contributed by atoms with Gasteiger partial charge in [0.2, 0.25) is 0 Å². The van der Waals surface area contributed by atoms with Gasteiger partial charge in [0.05, 0.1) is 7.11 Å². The number of aromatic nitrogens is 1. The fourth-order valence-corrected chi connectivity index (χ4v) is 5.11. The third-order valence-electron chi connectivity index (χ3n) is 7.01. The van der Waals surface area contributed by atoms with Gasteiger partial charge < -0.3 is 19.1 Å². The second-order valence-corrected chi connectivity index (χ2v) is 9.41. The van der Waals surface area contributed by atoms with E-state index in [0.29, 0.717) is 18.1 Å². The maximum atomic E-state index is 14.0. The molecular formula is C29H30ClN3O2. The Kier molecular flexibility index (Phi) is 6.44. The molecule has 0 atom stereocenters. The number of amides is 1. The molecule has 1 aliphatic heterocycles. The van der Waals surface area contributed by atoms with E-state index in [1.807, 2.05) is 48.3 Å². The fraction of sp³-hybridized carbons (Fsp3) is 0.276. The highest BCUT2D eigenvalue weighted by Crippen LogP contribution is 2.36. The van der Waals surface area contributed by atoms with E-state index in [9.17, 15) is 4.79 Å². The Labute approximate surface area is 211 Å². The zero-order valence-corrected chi connectivity index (χ0v) is 21.2. The minimum Gasteiger partial charge on any atom is -0.497 e. The van der Waals surface area contributed by atoms with Gasteiger partial charge in [-0.2, -0.15) is 0 Å². The van der Waals surface area contributed by atoms with Crippen LogP contribution in [-0.2, 0) is 13.5 Å². The molecule has 0 aliphatic carbocycles. The Bertz CT molecular complexity index is 1350. The normalized spacial score (nSPS) is 13.9. The predicted octanol–water partition coefficient (Wildman–Crippen LogP) is 6.03. The molecule has 0 radical (unpaired) electrons. The number of benzene rings is 3. The van der Waals surface area contributed by atoms with Gasteiger partial charge in [-0.05, 0) is 66.1 Å². The standard InChI is InChI=1S/C29H30ClN3O2/c1-4-20-5-14-26-25(19-20)27(21-6-8-22(30)9-7-21)28(31(26)2)29(34)33-17-15-32(16-18-33)23-10-12-24(35-3)13-11-23/h5-14,19H,4,15-18H2,1-3H3. The molecule has 0 spiro atoms. The minimum absolute atomic E-state index is 0.0704. The molecule has 0 N–H and O–H groups in total. The van der Waals surface area contributed by atoms with Crippen LogP contribution in [0.5, 0.6) is 5.75 Å². The van der Waals surface area contributed by atoms with E-state index in [1.165, 1.54) is 5.56 Å². The molecule has 0 bridgehead atoms. The molecule has 1 fully saturated rings. The van der Waals surface area contributed by atoms with Crippen molar-refractivity contribution in [3.8, 4) is 16.9 Å². The number of aryl methyl sites for hydroxylation is 2. The molecule has 1 aromatic heterocycles. The van der Waals surface area contributed by atoms with Crippen molar-refractivity contribution >= 4 is 34.1 Å². The minimum atomic E-state index is 0.0704. The number of methoxy groups -OCH3 is 1. The Morgan fingerprint density at radius 3 is 2.26 bits per heavy atom. The van der Waals surface area contributed by atoms with Crippen molar-refractivity contribution in [1.82, 2.24) is 9.47 Å². The molecule has 6 heteroatoms. The van der Waals surface area contributed by atoms with Crippen molar-refractivity contribution in [3.05, 3.63) is 83.0 Å². The van der Waals surface area contributed by atoms with E-state index in [4.69, 9.17) is 16.3 Å². The maximum absolute atomic E-state index is 14.0. The summed E-state index contributed by atoms with van der Waals surface area (Å²) in [5, 5.41) is 1.79. The average molecular weight is 488 g/mol. The third-order valence-corrected chi connectivity index (χ3v) is 7.26. The Balaban J connectivity index is 1.48. The molecule has 3 aromatic carbocycles. The van der Waals surface area contributed by atoms with Crippen LogP contribution in [0.4, 0.5) is 5.69 Å². The number of nitrogens with zero attached hydrogens (tertiary/aromatic N) is 3. The second-order valence-electron chi connectivity index (χ2n) is 8.97. The first kappa shape index (κ1) is 23.3. The summed E-state index contributed by atoms with van der Waals surface area (Å²) in [6.07, 6.45) is 0.946. The van der Waals surface area contributed by atoms with Gasteiger partial charge in [-0.1, -0.05) is 36.7 Å². The van der Waals surface area contributed by atoms with Crippen LogP contribution in [0.15, 0.2) is 66.7 Å². The van der Waals surface area contributed by atoms with Crippen LogP contribution in [-0.4, -0.2) is 48.7 Å². The number of ether oxygens (including phenoxy) is 1. The summed E-state index contributed by atoms with van der Waals surface area (Å²) in [6.45, 7) is 5.08. The quantitative estimate of drug-likeness (QED) is 0.345. The van der Waals surface area contributed by atoms with Crippen molar-refractivity contribution in [2.24, 2.45) is 7.05 Å². The van der Waals surface area contributed by atoms with Crippen molar-refractivity contribution in [2.45, 2.75) is 13.3 Å². The zero-order chi connectivity index (χ0) is 24.5. The summed E-state index contributed by atoms with van der Waals surface area (Å²) >= 11 is 6.18. The van der Waals surface area contributed by atoms with E-state index in [0.717, 1.165) is 58.7 Å².